The third-order valence-corrected chi connectivity index (χ3v) is 8.84. The molecule has 1 aromatic heterocycles. The van der Waals surface area contributed by atoms with Gasteiger partial charge in [-0.05, 0) is 81.9 Å². The van der Waals surface area contributed by atoms with Crippen molar-refractivity contribution in [2.24, 2.45) is 5.41 Å². The van der Waals surface area contributed by atoms with Crippen molar-refractivity contribution < 1.29 is 19.1 Å². The van der Waals surface area contributed by atoms with Gasteiger partial charge in [0.25, 0.3) is 5.91 Å². The molecule has 2 aromatic carbocycles. The maximum atomic E-state index is 13.6. The van der Waals surface area contributed by atoms with Crippen LogP contribution in [0, 0.1) is 19.3 Å². The molecular formula is C33H43N5O4. The van der Waals surface area contributed by atoms with E-state index in [4.69, 9.17) is 9.47 Å². The lowest BCUT2D eigenvalue weighted by Crippen LogP contribution is -2.49. The lowest BCUT2D eigenvalue weighted by Gasteiger charge is -2.41. The van der Waals surface area contributed by atoms with Crippen molar-refractivity contribution in [3.63, 3.8) is 0 Å². The smallest absolute Gasteiger partial charge is 0.255 e. The molecule has 3 N–H and O–H groups in total. The van der Waals surface area contributed by atoms with Crippen LogP contribution < -0.4 is 20.1 Å². The summed E-state index contributed by atoms with van der Waals surface area (Å²) < 4.78 is 11.6. The van der Waals surface area contributed by atoms with E-state index in [1.165, 1.54) is 11.1 Å². The average Bonchev–Trinajstić information content (AvgIpc) is 3.32. The second-order valence-corrected chi connectivity index (χ2v) is 11.6. The molecular weight excluding hydrogens is 530 g/mol. The number of nitrogens with zero attached hydrogens (tertiary/aromatic N) is 2. The van der Waals surface area contributed by atoms with Crippen LogP contribution in [0.5, 0.6) is 11.5 Å². The van der Waals surface area contributed by atoms with Crippen molar-refractivity contribution >= 4 is 11.8 Å². The fraction of sp³-hybridized carbons (Fsp3) is 0.485. The van der Waals surface area contributed by atoms with E-state index >= 15 is 0 Å². The van der Waals surface area contributed by atoms with Crippen LogP contribution >= 0.6 is 0 Å². The summed E-state index contributed by atoms with van der Waals surface area (Å²) in [4.78, 5) is 28.7. The van der Waals surface area contributed by atoms with Crippen molar-refractivity contribution in [1.29, 1.82) is 0 Å². The Morgan fingerprint density at radius 3 is 2.57 bits per heavy atom. The fourth-order valence-corrected chi connectivity index (χ4v) is 6.26. The Bertz CT molecular complexity index is 1370. The first-order valence-electron chi connectivity index (χ1n) is 15.1. The molecule has 3 heterocycles. The van der Waals surface area contributed by atoms with Gasteiger partial charge in [-0.25, -0.2) is 0 Å². The highest BCUT2D eigenvalue weighted by Crippen LogP contribution is 2.38. The van der Waals surface area contributed by atoms with Gasteiger partial charge in [-0.2, -0.15) is 5.10 Å². The highest BCUT2D eigenvalue weighted by molar-refractivity contribution is 5.96. The molecule has 3 aromatic rings. The number of benzene rings is 2. The van der Waals surface area contributed by atoms with Gasteiger partial charge in [-0.15, -0.1) is 0 Å². The molecule has 2 aliphatic rings. The van der Waals surface area contributed by atoms with E-state index in [1.807, 2.05) is 19.1 Å². The molecule has 0 atom stereocenters. The van der Waals surface area contributed by atoms with E-state index in [-0.39, 0.29) is 11.8 Å². The summed E-state index contributed by atoms with van der Waals surface area (Å²) in [5.74, 6) is 1.43. The largest absolute Gasteiger partial charge is 0.496 e. The monoisotopic (exact) mass is 573 g/mol. The van der Waals surface area contributed by atoms with Crippen molar-refractivity contribution in [3.05, 3.63) is 76.1 Å². The van der Waals surface area contributed by atoms with Crippen LogP contribution in [-0.2, 0) is 17.8 Å². The van der Waals surface area contributed by atoms with Crippen molar-refractivity contribution in [1.82, 2.24) is 25.7 Å². The molecule has 0 unspecified atom stereocenters. The Morgan fingerprint density at radius 2 is 1.81 bits per heavy atom. The van der Waals surface area contributed by atoms with Crippen LogP contribution in [0.3, 0.4) is 0 Å². The number of para-hydroxylation sites is 1. The van der Waals surface area contributed by atoms with E-state index in [0.717, 1.165) is 80.9 Å². The lowest BCUT2D eigenvalue weighted by atomic mass is 9.73. The third-order valence-electron chi connectivity index (χ3n) is 8.84. The molecule has 224 valence electrons. The van der Waals surface area contributed by atoms with Gasteiger partial charge in [0.2, 0.25) is 5.91 Å². The Morgan fingerprint density at radius 1 is 1.00 bits per heavy atom. The number of aromatic nitrogens is 2. The van der Waals surface area contributed by atoms with Crippen LogP contribution in [-0.4, -0.2) is 66.8 Å². The summed E-state index contributed by atoms with van der Waals surface area (Å²) in [6, 6.07) is 13.7. The average molecular weight is 574 g/mol. The van der Waals surface area contributed by atoms with Crippen molar-refractivity contribution in [3.8, 4) is 11.5 Å². The number of nitrogens with one attached hydrogen (secondary N) is 3. The van der Waals surface area contributed by atoms with E-state index in [9.17, 15) is 9.59 Å². The third kappa shape index (κ3) is 6.78. The maximum Gasteiger partial charge on any atom is 0.255 e. The van der Waals surface area contributed by atoms with Crippen LogP contribution in [0.1, 0.15) is 70.5 Å². The number of aromatic amines is 1. The summed E-state index contributed by atoms with van der Waals surface area (Å²) >= 11 is 0. The first-order chi connectivity index (χ1) is 20.4. The normalized spacial score (nSPS) is 18.4. The van der Waals surface area contributed by atoms with Crippen LogP contribution in [0.25, 0.3) is 0 Å². The molecule has 9 nitrogen and oxygen atoms in total. The Labute approximate surface area is 248 Å². The zero-order valence-corrected chi connectivity index (χ0v) is 25.1. The zero-order valence-electron chi connectivity index (χ0n) is 25.1. The molecule has 1 saturated heterocycles. The number of carbonyl (C=O) groups is 2. The molecule has 2 aliphatic heterocycles. The molecule has 5 rings (SSSR count). The minimum absolute atomic E-state index is 0.119. The number of H-pyrrole nitrogens is 1. The summed E-state index contributed by atoms with van der Waals surface area (Å²) in [5, 5.41) is 13.6. The quantitative estimate of drug-likeness (QED) is 0.420. The van der Waals surface area contributed by atoms with Gasteiger partial charge in [0.15, 0.2) is 0 Å². The molecule has 0 radical (unpaired) electrons. The SMILES string of the molecule is COc1ccc(CN2CCC3(CCCCNC(=O)c4ccccc4OCCNC3=O)CC2)cc1Cc1c(C)n[nH]c1C. The van der Waals surface area contributed by atoms with Crippen molar-refractivity contribution in [2.75, 3.05) is 39.9 Å². The number of ether oxygens (including phenoxy) is 2. The molecule has 1 fully saturated rings. The summed E-state index contributed by atoms with van der Waals surface area (Å²) in [7, 11) is 1.72. The maximum absolute atomic E-state index is 13.6. The number of rotatable bonds is 5. The first kappa shape index (κ1) is 29.6. The predicted octanol–water partition coefficient (Wildman–Crippen LogP) is 4.32. The van der Waals surface area contributed by atoms with E-state index in [2.05, 4.69) is 50.9 Å². The van der Waals surface area contributed by atoms with Gasteiger partial charge < -0.3 is 20.1 Å². The second kappa shape index (κ2) is 13.4. The molecule has 0 saturated carbocycles. The van der Waals surface area contributed by atoms with E-state index in [0.29, 0.717) is 31.0 Å². The minimum Gasteiger partial charge on any atom is -0.496 e. The number of methoxy groups -OCH3 is 1. The highest BCUT2D eigenvalue weighted by atomic mass is 16.5. The summed E-state index contributed by atoms with van der Waals surface area (Å²) in [6.45, 7) is 7.93. The highest BCUT2D eigenvalue weighted by Gasteiger charge is 2.40. The van der Waals surface area contributed by atoms with Gasteiger partial charge in [0.05, 0.1) is 30.3 Å². The summed E-state index contributed by atoms with van der Waals surface area (Å²) in [6.07, 6.45) is 4.93. The summed E-state index contributed by atoms with van der Waals surface area (Å²) in [5.41, 5.74) is 5.83. The van der Waals surface area contributed by atoms with Gasteiger partial charge in [-0.3, -0.25) is 19.6 Å². The molecule has 1 spiro atoms. The number of fused-ring (bicyclic) bond motifs is 1. The number of aryl methyl sites for hydroxylation is 2. The van der Waals surface area contributed by atoms with Gasteiger partial charge in [0.1, 0.15) is 18.1 Å². The number of carbonyl (C=O) groups excluding carboxylic acids is 2. The fourth-order valence-electron chi connectivity index (χ4n) is 6.26. The van der Waals surface area contributed by atoms with E-state index < -0.39 is 5.41 Å². The predicted molar refractivity (Wildman–Crippen MR) is 162 cm³/mol. The molecule has 0 aliphatic carbocycles. The van der Waals surface area contributed by atoms with Crippen LogP contribution in [0.4, 0.5) is 0 Å². The number of hydrogen-bond acceptors (Lipinski definition) is 6. The first-order valence-corrected chi connectivity index (χ1v) is 15.1. The molecule has 42 heavy (non-hydrogen) atoms. The molecule has 9 heteroatoms. The standard InChI is InChI=1S/C33H43N5O4/c1-23-28(24(2)37-36-23)21-26-20-25(10-11-29(26)41-3)22-38-17-13-33(14-18-38)12-6-7-15-34-31(39)27-8-4-5-9-30(27)42-19-16-35-32(33)40/h4-5,8-11,20H,6-7,12-19,21-22H2,1-3H3,(H,34,39)(H,35,40)(H,36,37). The minimum atomic E-state index is -0.399. The van der Waals surface area contributed by atoms with Gasteiger partial charge in [0, 0.05) is 30.8 Å². The van der Waals surface area contributed by atoms with Crippen molar-refractivity contribution in [2.45, 2.75) is 58.9 Å². The van der Waals surface area contributed by atoms with Gasteiger partial charge in [-0.1, -0.05) is 30.7 Å². The number of amides is 2. The Kier molecular flexibility index (Phi) is 9.47. The second-order valence-electron chi connectivity index (χ2n) is 11.6. The zero-order chi connectivity index (χ0) is 29.5. The number of piperidine rings is 1. The molecule has 0 bridgehead atoms. The topological polar surface area (TPSA) is 109 Å². The molecule has 2 amide bonds. The van der Waals surface area contributed by atoms with Crippen LogP contribution in [0.2, 0.25) is 0 Å². The Balaban J connectivity index is 1.22. The number of likely N-dealkylation sites (tertiary alicyclic amines) is 1. The van der Waals surface area contributed by atoms with Crippen LogP contribution in [0.15, 0.2) is 42.5 Å². The Hall–Kier alpha value is -3.85. The number of hydrogen-bond donors (Lipinski definition) is 3. The van der Waals surface area contributed by atoms with Gasteiger partial charge >= 0.3 is 0 Å². The lowest BCUT2D eigenvalue weighted by molar-refractivity contribution is -0.134. The van der Waals surface area contributed by atoms with E-state index in [1.54, 1.807) is 19.2 Å².